The molecule has 0 saturated carbocycles. The highest BCUT2D eigenvalue weighted by Gasteiger charge is 2.63. The number of Topliss-reactive ketones (excluding diaryl/α,β-unsaturated/α-hetero) is 2. The lowest BCUT2D eigenvalue weighted by Gasteiger charge is -2.45. The highest BCUT2D eigenvalue weighted by atomic mass is 16.6. The molecule has 0 radical (unpaired) electrons. The van der Waals surface area contributed by atoms with Crippen molar-refractivity contribution in [1.82, 2.24) is 0 Å². The highest BCUT2D eigenvalue weighted by Crippen LogP contribution is 2.50. The van der Waals surface area contributed by atoms with Crippen LogP contribution in [0.1, 0.15) is 47.9 Å². The minimum atomic E-state index is -2.21. The summed E-state index contributed by atoms with van der Waals surface area (Å²) in [4.78, 5) is 50.9. The average Bonchev–Trinajstić information content (AvgIpc) is 3.13. The van der Waals surface area contributed by atoms with E-state index in [4.69, 9.17) is 9.47 Å². The lowest BCUT2D eigenvalue weighted by molar-refractivity contribution is -0.504. The van der Waals surface area contributed by atoms with Gasteiger partial charge in [0.15, 0.2) is 24.0 Å². The van der Waals surface area contributed by atoms with Gasteiger partial charge in [0.1, 0.15) is 17.5 Å². The third-order valence-electron chi connectivity index (χ3n) is 6.37. The maximum Gasteiger partial charge on any atom is 0.306 e. The third-order valence-corrected chi connectivity index (χ3v) is 6.37. The first-order chi connectivity index (χ1) is 16.0. The van der Waals surface area contributed by atoms with E-state index in [9.17, 15) is 40.0 Å². The molecule has 1 aromatic rings. The Kier molecular flexibility index (Phi) is 5.49. The zero-order valence-electron chi connectivity index (χ0n) is 18.5. The average molecular weight is 470 g/mol. The van der Waals surface area contributed by atoms with Gasteiger partial charge in [-0.05, 0) is 13.0 Å². The van der Waals surface area contributed by atoms with Crippen LogP contribution in [0.4, 0.5) is 0 Å². The molecule has 4 rings (SSSR count). The lowest BCUT2D eigenvalue weighted by Crippen LogP contribution is -2.76. The number of aliphatic hydroxyl groups is 2. The van der Waals surface area contributed by atoms with Crippen LogP contribution in [0.15, 0.2) is 40.5 Å². The minimum absolute atomic E-state index is 0.0997. The number of esters is 2. The number of ketones is 2. The number of nitrogens with one attached hydrogen (secondary N) is 1. The Labute approximate surface area is 193 Å². The van der Waals surface area contributed by atoms with E-state index in [1.54, 1.807) is 0 Å². The Balaban J connectivity index is 2.00. The zero-order valence-corrected chi connectivity index (χ0v) is 18.5. The van der Waals surface area contributed by atoms with Gasteiger partial charge >= 0.3 is 11.9 Å². The topological polar surface area (TPSA) is 184 Å². The number of fused-ring (bicyclic) bond motifs is 2. The van der Waals surface area contributed by atoms with E-state index in [-0.39, 0.29) is 39.8 Å². The predicted molar refractivity (Wildman–Crippen MR) is 111 cm³/mol. The number of phenolic OH excluding ortho intramolecular Hbond substituents is 1. The van der Waals surface area contributed by atoms with Crippen molar-refractivity contribution in [3.05, 3.63) is 57.1 Å². The second kappa shape index (κ2) is 7.96. The first-order valence-corrected chi connectivity index (χ1v) is 10.5. The normalized spacial score (nSPS) is 29.9. The van der Waals surface area contributed by atoms with E-state index in [2.05, 4.69) is 0 Å². The quantitative estimate of drug-likeness (QED) is 0.324. The van der Waals surface area contributed by atoms with Gasteiger partial charge in [-0.2, -0.15) is 0 Å². The van der Waals surface area contributed by atoms with Crippen LogP contribution in [0.3, 0.4) is 0 Å². The first kappa shape index (κ1) is 23.5. The second-order valence-electron chi connectivity index (χ2n) is 8.50. The van der Waals surface area contributed by atoms with Crippen molar-refractivity contribution < 1.29 is 49.1 Å². The van der Waals surface area contributed by atoms with Crippen molar-refractivity contribution in [2.45, 2.75) is 57.1 Å². The number of ether oxygens (including phenoxy) is 2. The van der Waals surface area contributed by atoms with Gasteiger partial charge in [-0.15, -0.1) is 0 Å². The molecule has 3 aliphatic carbocycles. The van der Waals surface area contributed by atoms with Gasteiger partial charge < -0.3 is 35.4 Å². The standard InChI is InChI=1S/C23H22N2O9/c1-4-11(28)34-21-16-14(20(31)22(23(21,3)32)33-8(2)26)13-15(17(16)25-24)19(30)12-9(18(13)29)6-5-7-10(12)27/h5-7,17,20-22,25,27,31-32H,4H2,1-3H3. The van der Waals surface area contributed by atoms with Crippen LogP contribution in [-0.4, -0.2) is 68.8 Å². The van der Waals surface area contributed by atoms with E-state index in [1.165, 1.54) is 25.1 Å². The number of carbonyl (C=O) groups is 4. The monoisotopic (exact) mass is 470 g/mol. The van der Waals surface area contributed by atoms with Crippen LogP contribution in [0, 0.1) is 0 Å². The predicted octanol–water partition coefficient (Wildman–Crippen LogP) is -0.772. The van der Waals surface area contributed by atoms with E-state index < -0.39 is 59.2 Å². The van der Waals surface area contributed by atoms with Crippen LogP contribution in [0.2, 0.25) is 0 Å². The molecule has 5 atom stereocenters. The molecule has 178 valence electrons. The van der Waals surface area contributed by atoms with E-state index >= 15 is 0 Å². The summed E-state index contributed by atoms with van der Waals surface area (Å²) >= 11 is 0. The van der Waals surface area contributed by atoms with Gasteiger partial charge in [0.2, 0.25) is 5.78 Å². The molecular weight excluding hydrogens is 448 g/mol. The Morgan fingerprint density at radius 1 is 1.18 bits per heavy atom. The molecule has 0 heterocycles. The Hall–Kier alpha value is -3.70. The fourth-order valence-electron chi connectivity index (χ4n) is 4.91. The van der Waals surface area contributed by atoms with Crippen LogP contribution in [-0.2, 0) is 19.1 Å². The van der Waals surface area contributed by atoms with E-state index in [0.29, 0.717) is 0 Å². The summed E-state index contributed by atoms with van der Waals surface area (Å²) in [7, 11) is 0. The number of hydrogen-bond donors (Lipinski definition) is 4. The zero-order chi connectivity index (χ0) is 25.1. The number of aromatic hydroxyl groups is 1. The Morgan fingerprint density at radius 3 is 2.44 bits per heavy atom. The van der Waals surface area contributed by atoms with Gasteiger partial charge in [-0.3, -0.25) is 19.2 Å². The molecule has 34 heavy (non-hydrogen) atoms. The molecule has 11 heteroatoms. The van der Waals surface area contributed by atoms with Gasteiger partial charge in [-0.1, -0.05) is 19.1 Å². The molecular formula is C23H22N2O9. The summed E-state index contributed by atoms with van der Waals surface area (Å²) in [6.45, 7) is 3.71. The number of aliphatic hydroxyl groups excluding tert-OH is 1. The molecule has 4 N–H and O–H groups in total. The molecule has 0 aliphatic heterocycles. The van der Waals surface area contributed by atoms with Crippen molar-refractivity contribution in [3.8, 4) is 5.75 Å². The van der Waals surface area contributed by atoms with Gasteiger partial charge in [0, 0.05) is 30.1 Å². The van der Waals surface area contributed by atoms with Crippen LogP contribution in [0.25, 0.3) is 5.53 Å². The smallest absolute Gasteiger partial charge is 0.306 e. The number of rotatable bonds is 4. The van der Waals surface area contributed by atoms with Gasteiger partial charge in [0.05, 0.1) is 16.7 Å². The second-order valence-corrected chi connectivity index (χ2v) is 8.50. The molecule has 0 spiro atoms. The SMILES string of the molecule is CCC(=O)OC1C2=C(C3=C(C(=O)c4c(O)cccc4C3=O)C2[NH+]=[N-])C(O)C(OC(C)=O)C1(C)O. The van der Waals surface area contributed by atoms with Crippen molar-refractivity contribution in [2.24, 2.45) is 0 Å². The van der Waals surface area contributed by atoms with Crippen molar-refractivity contribution in [3.63, 3.8) is 0 Å². The summed E-state index contributed by atoms with van der Waals surface area (Å²) in [5.41, 5.74) is 6.44. The van der Waals surface area contributed by atoms with Gasteiger partial charge in [-0.25, -0.2) is 0 Å². The minimum Gasteiger partial charge on any atom is -0.508 e. The summed E-state index contributed by atoms with van der Waals surface area (Å²) in [6.07, 6.45) is -5.21. The highest BCUT2D eigenvalue weighted by molar-refractivity contribution is 6.31. The molecule has 11 nitrogen and oxygen atoms in total. The molecule has 0 aromatic heterocycles. The van der Waals surface area contributed by atoms with Crippen LogP contribution >= 0.6 is 0 Å². The third kappa shape index (κ3) is 3.11. The molecule has 5 unspecified atom stereocenters. The fraction of sp³-hybridized carbons (Fsp3) is 0.391. The number of nitrogens with zero attached hydrogens (tertiary/aromatic N) is 1. The summed E-state index contributed by atoms with van der Waals surface area (Å²) in [5.74, 6) is -3.63. The molecule has 0 bridgehead atoms. The Morgan fingerprint density at radius 2 is 1.85 bits per heavy atom. The van der Waals surface area contributed by atoms with Crippen LogP contribution < -0.4 is 5.11 Å². The summed E-state index contributed by atoms with van der Waals surface area (Å²) in [6, 6.07) is 2.44. The first-order valence-electron chi connectivity index (χ1n) is 10.5. The molecule has 0 saturated heterocycles. The number of phenols is 1. The van der Waals surface area contributed by atoms with Crippen LogP contribution in [0.5, 0.6) is 5.75 Å². The lowest BCUT2D eigenvalue weighted by atomic mass is 9.73. The number of carbonyl (C=O) groups excluding carboxylic acids is 4. The molecule has 3 aliphatic rings. The number of hydrogen-bond acceptors (Lipinski definition) is 9. The molecule has 0 amide bonds. The largest absolute Gasteiger partial charge is 0.508 e. The summed E-state index contributed by atoms with van der Waals surface area (Å²) in [5, 5.41) is 34.7. The van der Waals surface area contributed by atoms with E-state index in [1.807, 2.05) is 5.11 Å². The molecule has 1 aromatic carbocycles. The number of benzene rings is 1. The van der Waals surface area contributed by atoms with Crippen molar-refractivity contribution in [2.75, 3.05) is 0 Å². The fourth-order valence-corrected chi connectivity index (χ4v) is 4.91. The van der Waals surface area contributed by atoms with Gasteiger partial charge in [0.25, 0.3) is 0 Å². The maximum atomic E-state index is 13.5. The Bertz CT molecular complexity index is 1230. The maximum absolute atomic E-state index is 13.5. The van der Waals surface area contributed by atoms with E-state index in [0.717, 1.165) is 13.8 Å². The van der Waals surface area contributed by atoms with Crippen molar-refractivity contribution in [1.29, 1.82) is 0 Å². The molecule has 0 fully saturated rings. The summed E-state index contributed by atoms with van der Waals surface area (Å²) < 4.78 is 10.6. The van der Waals surface area contributed by atoms with Crippen molar-refractivity contribution >= 4 is 23.5 Å².